The summed E-state index contributed by atoms with van der Waals surface area (Å²) in [5.41, 5.74) is 3.82. The van der Waals surface area contributed by atoms with Crippen molar-refractivity contribution in [3.8, 4) is 23.0 Å². The van der Waals surface area contributed by atoms with Gasteiger partial charge in [-0.05, 0) is 69.4 Å². The molecule has 1 aliphatic heterocycles. The molecule has 1 aromatic carbocycles. The van der Waals surface area contributed by atoms with Gasteiger partial charge < -0.3 is 24.0 Å². The summed E-state index contributed by atoms with van der Waals surface area (Å²) in [5, 5.41) is 10.2. The van der Waals surface area contributed by atoms with E-state index < -0.39 is 0 Å². The molecule has 0 unspecified atom stereocenters. The van der Waals surface area contributed by atoms with Gasteiger partial charge in [0, 0.05) is 31.4 Å². The molecule has 0 spiro atoms. The van der Waals surface area contributed by atoms with Crippen molar-refractivity contribution >= 4 is 22.8 Å². The number of pyridine rings is 1. The highest BCUT2D eigenvalue weighted by Crippen LogP contribution is 2.42. The molecule has 0 bridgehead atoms. The molecule has 204 valence electrons. The van der Waals surface area contributed by atoms with Crippen molar-refractivity contribution in [2.24, 2.45) is 0 Å². The van der Waals surface area contributed by atoms with E-state index in [1.807, 2.05) is 42.0 Å². The van der Waals surface area contributed by atoms with Gasteiger partial charge in [0.2, 0.25) is 5.88 Å². The summed E-state index contributed by atoms with van der Waals surface area (Å²) in [4.78, 5) is 20.8. The van der Waals surface area contributed by atoms with Crippen LogP contribution in [0.25, 0.3) is 22.6 Å². The van der Waals surface area contributed by atoms with Crippen molar-refractivity contribution in [3.05, 3.63) is 59.1 Å². The van der Waals surface area contributed by atoms with Gasteiger partial charge in [-0.2, -0.15) is 4.98 Å². The first-order chi connectivity index (χ1) is 18.9. The number of imidazole rings is 1. The minimum absolute atomic E-state index is 0.206. The van der Waals surface area contributed by atoms with E-state index >= 15 is 0 Å². The van der Waals surface area contributed by atoms with E-state index in [0.717, 1.165) is 62.1 Å². The Labute approximate surface area is 232 Å². The molecule has 1 saturated carbocycles. The molecule has 1 N–H and O–H groups in total. The van der Waals surface area contributed by atoms with Crippen LogP contribution in [0.2, 0.25) is 5.02 Å². The van der Waals surface area contributed by atoms with Crippen molar-refractivity contribution < 1.29 is 14.6 Å². The van der Waals surface area contributed by atoms with Gasteiger partial charge >= 0.3 is 0 Å². The number of aliphatic hydroxyl groups excluding tert-OH is 1. The monoisotopic (exact) mass is 548 g/mol. The third kappa shape index (κ3) is 5.71. The summed E-state index contributed by atoms with van der Waals surface area (Å²) in [7, 11) is 0. The van der Waals surface area contributed by atoms with Gasteiger partial charge in [0.05, 0.1) is 30.0 Å². The first kappa shape index (κ1) is 26.0. The molecule has 2 fully saturated rings. The van der Waals surface area contributed by atoms with E-state index in [-0.39, 0.29) is 11.7 Å². The normalized spacial score (nSPS) is 18.5. The highest BCUT2D eigenvalue weighted by molar-refractivity contribution is 6.34. The minimum atomic E-state index is -0.214. The summed E-state index contributed by atoms with van der Waals surface area (Å²) in [5.74, 6) is 1.74. The van der Waals surface area contributed by atoms with Crippen LogP contribution in [-0.4, -0.2) is 72.5 Å². The lowest BCUT2D eigenvalue weighted by Crippen LogP contribution is -2.24. The van der Waals surface area contributed by atoms with Crippen LogP contribution in [0.15, 0.2) is 42.9 Å². The number of ether oxygens (including phenoxy) is 2. The zero-order chi connectivity index (χ0) is 27.0. The van der Waals surface area contributed by atoms with Crippen LogP contribution >= 0.6 is 11.6 Å². The number of hydrogen-bond donors (Lipinski definition) is 1. The summed E-state index contributed by atoms with van der Waals surface area (Å²) in [6, 6.07) is 9.78. The third-order valence-corrected chi connectivity index (χ3v) is 7.81. The molecule has 4 aromatic rings. The van der Waals surface area contributed by atoms with E-state index in [9.17, 15) is 5.11 Å². The maximum absolute atomic E-state index is 9.75. The van der Waals surface area contributed by atoms with Crippen molar-refractivity contribution in [2.75, 3.05) is 26.2 Å². The molecule has 3 aromatic heterocycles. The van der Waals surface area contributed by atoms with E-state index in [1.54, 1.807) is 0 Å². The van der Waals surface area contributed by atoms with E-state index in [2.05, 4.69) is 32.8 Å². The van der Waals surface area contributed by atoms with Crippen LogP contribution in [0.3, 0.4) is 0 Å². The fourth-order valence-electron chi connectivity index (χ4n) is 4.99. The first-order valence-corrected chi connectivity index (χ1v) is 13.9. The third-order valence-electron chi connectivity index (χ3n) is 7.42. The van der Waals surface area contributed by atoms with Crippen LogP contribution in [-0.2, 0) is 6.54 Å². The number of aliphatic hydroxyl groups is 1. The van der Waals surface area contributed by atoms with Crippen molar-refractivity contribution in [2.45, 2.75) is 57.8 Å². The van der Waals surface area contributed by atoms with Gasteiger partial charge in [0.1, 0.15) is 23.5 Å². The number of β-amino-alcohol motifs (C(OH)–C–C–N with tert-alkyl or cyclic N) is 1. The molecule has 4 heterocycles. The Kier molecular flexibility index (Phi) is 7.14. The zero-order valence-corrected chi connectivity index (χ0v) is 23.1. The standard InChI is InChI=1S/C29H33ClN6O3/c1-19-7-11-31-20(15-19)16-36-26(34-25-27(36)32-18-33-28(25)39-29(2)9-10-29)22-5-3-6-23(24(22)30)38-14-4-12-35-13-8-21(37)17-35/h3,5-7,11,15,18,21,37H,4,8-10,12-14,16-17H2,1-2H3/t21-/m1/s1. The lowest BCUT2D eigenvalue weighted by atomic mass is 10.2. The number of fused-ring (bicyclic) bond motifs is 1. The number of likely N-dealkylation sites (tertiary alicyclic amines) is 1. The second-order valence-corrected chi connectivity index (χ2v) is 11.2. The molecule has 39 heavy (non-hydrogen) atoms. The highest BCUT2D eigenvalue weighted by Gasteiger charge is 2.41. The number of halogens is 1. The molecule has 0 radical (unpaired) electrons. The largest absolute Gasteiger partial charge is 0.492 e. The molecule has 1 atom stereocenters. The summed E-state index contributed by atoms with van der Waals surface area (Å²) >= 11 is 6.95. The van der Waals surface area contributed by atoms with Crippen LogP contribution in [0.4, 0.5) is 0 Å². The lowest BCUT2D eigenvalue weighted by molar-refractivity contribution is 0.173. The van der Waals surface area contributed by atoms with Gasteiger partial charge in [-0.3, -0.25) is 4.98 Å². The lowest BCUT2D eigenvalue weighted by Gasteiger charge is -2.16. The Morgan fingerprint density at radius 2 is 2.05 bits per heavy atom. The number of aromatic nitrogens is 5. The Balaban J connectivity index is 1.32. The minimum Gasteiger partial charge on any atom is -0.492 e. The van der Waals surface area contributed by atoms with Gasteiger partial charge in [0.25, 0.3) is 0 Å². The molecule has 1 aliphatic carbocycles. The topological polar surface area (TPSA) is 98.4 Å². The average Bonchev–Trinajstić information content (AvgIpc) is 3.31. The van der Waals surface area contributed by atoms with Crippen molar-refractivity contribution in [1.29, 1.82) is 0 Å². The second kappa shape index (κ2) is 10.7. The van der Waals surface area contributed by atoms with E-state index in [0.29, 0.717) is 46.8 Å². The molecule has 2 aliphatic rings. The maximum atomic E-state index is 9.75. The SMILES string of the molecule is Cc1ccnc(Cn2c(-c3cccc(OCCCN4CC[C@@H](O)C4)c3Cl)nc3c(OC4(C)CC4)ncnc32)c1. The Bertz CT molecular complexity index is 1490. The van der Waals surface area contributed by atoms with Crippen molar-refractivity contribution in [1.82, 2.24) is 29.4 Å². The van der Waals surface area contributed by atoms with Crippen LogP contribution in [0.5, 0.6) is 11.6 Å². The van der Waals surface area contributed by atoms with Crippen LogP contribution in [0.1, 0.15) is 43.9 Å². The average molecular weight is 549 g/mol. The summed E-state index contributed by atoms with van der Waals surface area (Å²) in [6.07, 6.45) is 6.78. The van der Waals surface area contributed by atoms with Crippen LogP contribution < -0.4 is 9.47 Å². The number of benzene rings is 1. The summed E-state index contributed by atoms with van der Waals surface area (Å²) < 4.78 is 14.4. The van der Waals surface area contributed by atoms with Gasteiger partial charge in [-0.1, -0.05) is 17.7 Å². The Hall–Kier alpha value is -3.27. The molecule has 9 nitrogen and oxygen atoms in total. The molecule has 1 saturated heterocycles. The quantitative estimate of drug-likeness (QED) is 0.286. The number of hydrogen-bond acceptors (Lipinski definition) is 8. The van der Waals surface area contributed by atoms with Crippen LogP contribution in [0, 0.1) is 6.92 Å². The van der Waals surface area contributed by atoms with Gasteiger partial charge in [0.15, 0.2) is 11.2 Å². The predicted molar refractivity (Wildman–Crippen MR) is 149 cm³/mol. The highest BCUT2D eigenvalue weighted by atomic mass is 35.5. The van der Waals surface area contributed by atoms with E-state index in [4.69, 9.17) is 26.1 Å². The molecule has 10 heteroatoms. The number of rotatable bonds is 10. The molecule has 6 rings (SSSR count). The van der Waals surface area contributed by atoms with E-state index in [1.165, 1.54) is 6.33 Å². The van der Waals surface area contributed by atoms with Gasteiger partial charge in [-0.25, -0.2) is 9.97 Å². The molecule has 0 amide bonds. The Morgan fingerprint density at radius 1 is 1.18 bits per heavy atom. The fourth-order valence-corrected chi connectivity index (χ4v) is 5.25. The zero-order valence-electron chi connectivity index (χ0n) is 22.3. The molecular weight excluding hydrogens is 516 g/mol. The van der Waals surface area contributed by atoms with Crippen molar-refractivity contribution in [3.63, 3.8) is 0 Å². The number of aryl methyl sites for hydroxylation is 1. The first-order valence-electron chi connectivity index (χ1n) is 13.5. The molecular formula is C29H33ClN6O3. The number of nitrogens with zero attached hydrogens (tertiary/aromatic N) is 6. The summed E-state index contributed by atoms with van der Waals surface area (Å²) in [6.45, 7) is 7.66. The van der Waals surface area contributed by atoms with Gasteiger partial charge in [-0.15, -0.1) is 0 Å². The fraction of sp³-hybridized carbons (Fsp3) is 0.448. The predicted octanol–water partition coefficient (Wildman–Crippen LogP) is 4.67. The Morgan fingerprint density at radius 3 is 2.82 bits per heavy atom. The second-order valence-electron chi connectivity index (χ2n) is 10.8. The smallest absolute Gasteiger partial charge is 0.245 e. The maximum Gasteiger partial charge on any atom is 0.245 e.